The zero-order chi connectivity index (χ0) is 13.9. The second kappa shape index (κ2) is 6.68. The number of nitrogens with two attached hydrogens (primary N) is 1. The van der Waals surface area contributed by atoms with Crippen LogP contribution in [0.4, 0.5) is 0 Å². The maximum absolute atomic E-state index is 5.93. The van der Waals surface area contributed by atoms with Gasteiger partial charge in [-0.15, -0.1) is 11.3 Å². The zero-order valence-corrected chi connectivity index (χ0v) is 14.0. The first kappa shape index (κ1) is 15.4. The lowest BCUT2D eigenvalue weighted by atomic mass is 9.73. The number of methoxy groups -OCH3 is 1. The highest BCUT2D eigenvalue weighted by atomic mass is 79.9. The molecule has 2 rings (SSSR count). The molecule has 1 aromatic heterocycles. The number of nitrogens with one attached hydrogen (secondary N) is 1. The number of hydrogen-bond acceptors (Lipinski definition) is 4. The van der Waals surface area contributed by atoms with E-state index in [1.54, 1.807) is 11.3 Å². The van der Waals surface area contributed by atoms with Gasteiger partial charge in [0.15, 0.2) is 0 Å². The first-order chi connectivity index (χ1) is 9.09. The molecule has 19 heavy (non-hydrogen) atoms. The van der Waals surface area contributed by atoms with Crippen molar-refractivity contribution in [2.45, 2.75) is 50.7 Å². The summed E-state index contributed by atoms with van der Waals surface area (Å²) in [5, 5.41) is 0. The van der Waals surface area contributed by atoms with E-state index in [4.69, 9.17) is 10.6 Å². The quantitative estimate of drug-likeness (QED) is 0.633. The van der Waals surface area contributed by atoms with Crippen LogP contribution in [0.1, 0.15) is 37.5 Å². The van der Waals surface area contributed by atoms with Gasteiger partial charge in [0, 0.05) is 18.4 Å². The normalized spacial score (nSPS) is 29.4. The fourth-order valence-electron chi connectivity index (χ4n) is 3.25. The molecule has 0 aromatic carbocycles. The summed E-state index contributed by atoms with van der Waals surface area (Å²) < 4.78 is 7.10. The molecule has 1 aliphatic carbocycles. The van der Waals surface area contributed by atoms with E-state index in [0.29, 0.717) is 5.92 Å². The van der Waals surface area contributed by atoms with Gasteiger partial charge in [-0.1, -0.05) is 19.8 Å². The Morgan fingerprint density at radius 2 is 2.42 bits per heavy atom. The number of hydrogen-bond donors (Lipinski definition) is 2. The van der Waals surface area contributed by atoms with Crippen molar-refractivity contribution in [1.82, 2.24) is 5.43 Å². The maximum Gasteiger partial charge on any atom is 0.0850 e. The van der Waals surface area contributed by atoms with E-state index in [2.05, 4.69) is 40.4 Å². The summed E-state index contributed by atoms with van der Waals surface area (Å²) in [5.41, 5.74) is 2.89. The third kappa shape index (κ3) is 3.58. The van der Waals surface area contributed by atoms with Crippen molar-refractivity contribution in [2.75, 3.05) is 7.11 Å². The fraction of sp³-hybridized carbons (Fsp3) is 0.714. The second-order valence-electron chi connectivity index (χ2n) is 5.60. The first-order valence-corrected chi connectivity index (χ1v) is 8.46. The van der Waals surface area contributed by atoms with Crippen molar-refractivity contribution in [2.24, 2.45) is 11.8 Å². The van der Waals surface area contributed by atoms with Gasteiger partial charge in [0.25, 0.3) is 0 Å². The molecule has 108 valence electrons. The summed E-state index contributed by atoms with van der Waals surface area (Å²) in [5.74, 6) is 6.54. The van der Waals surface area contributed by atoms with E-state index in [9.17, 15) is 0 Å². The van der Waals surface area contributed by atoms with Crippen LogP contribution in [0.15, 0.2) is 15.9 Å². The maximum atomic E-state index is 5.93. The van der Waals surface area contributed by atoms with Crippen molar-refractivity contribution in [3.8, 4) is 0 Å². The van der Waals surface area contributed by atoms with Crippen molar-refractivity contribution in [3.63, 3.8) is 0 Å². The van der Waals surface area contributed by atoms with Crippen LogP contribution in [-0.4, -0.2) is 18.8 Å². The lowest BCUT2D eigenvalue weighted by Crippen LogP contribution is -2.57. The summed E-state index contributed by atoms with van der Waals surface area (Å²) >= 11 is 5.29. The molecule has 0 aliphatic heterocycles. The van der Waals surface area contributed by atoms with Gasteiger partial charge in [-0.2, -0.15) is 0 Å². The largest absolute Gasteiger partial charge is 0.377 e. The summed E-state index contributed by atoms with van der Waals surface area (Å²) in [4.78, 5) is 1.34. The molecule has 1 aromatic rings. The van der Waals surface area contributed by atoms with Crippen LogP contribution in [0.5, 0.6) is 0 Å². The Balaban J connectivity index is 2.13. The monoisotopic (exact) mass is 346 g/mol. The minimum absolute atomic E-state index is 0.122. The van der Waals surface area contributed by atoms with Crippen LogP contribution in [0.2, 0.25) is 0 Å². The molecule has 0 bridgehead atoms. The first-order valence-electron chi connectivity index (χ1n) is 6.85. The summed E-state index contributed by atoms with van der Waals surface area (Å²) in [6.45, 7) is 2.31. The molecule has 1 heterocycles. The smallest absolute Gasteiger partial charge is 0.0850 e. The molecule has 1 fully saturated rings. The molecule has 5 heteroatoms. The van der Waals surface area contributed by atoms with E-state index in [1.165, 1.54) is 21.5 Å². The van der Waals surface area contributed by atoms with E-state index < -0.39 is 0 Å². The van der Waals surface area contributed by atoms with Crippen LogP contribution in [0, 0.1) is 5.92 Å². The van der Waals surface area contributed by atoms with Crippen molar-refractivity contribution in [1.29, 1.82) is 0 Å². The lowest BCUT2D eigenvalue weighted by molar-refractivity contribution is -0.0789. The van der Waals surface area contributed by atoms with Gasteiger partial charge in [-0.05, 0) is 46.8 Å². The van der Waals surface area contributed by atoms with Gasteiger partial charge in [-0.25, -0.2) is 0 Å². The Morgan fingerprint density at radius 1 is 1.63 bits per heavy atom. The number of thiophene rings is 1. The molecular formula is C14H23BrN2OS. The van der Waals surface area contributed by atoms with Gasteiger partial charge in [-0.3, -0.25) is 11.3 Å². The SMILES string of the molecule is COC1(C(Cc2ccc(Br)s2)NN)CCCC(C)C1. The molecule has 0 saturated heterocycles. The van der Waals surface area contributed by atoms with E-state index >= 15 is 0 Å². The van der Waals surface area contributed by atoms with Gasteiger partial charge in [0.05, 0.1) is 15.4 Å². The Labute approximate surface area is 128 Å². The summed E-state index contributed by atoms with van der Waals surface area (Å²) in [6.07, 6.45) is 5.63. The highest BCUT2D eigenvalue weighted by Gasteiger charge is 2.41. The standard InChI is InChI=1S/C14H23BrN2OS/c1-10-4-3-7-14(9-10,18-2)12(17-16)8-11-5-6-13(15)19-11/h5-6,10,12,17H,3-4,7-9,16H2,1-2H3. The molecule has 0 radical (unpaired) electrons. The van der Waals surface area contributed by atoms with Crippen LogP contribution in [-0.2, 0) is 11.2 Å². The molecule has 3 unspecified atom stereocenters. The van der Waals surface area contributed by atoms with E-state index in [1.807, 2.05) is 7.11 Å². The predicted molar refractivity (Wildman–Crippen MR) is 84.2 cm³/mol. The third-order valence-corrected chi connectivity index (χ3v) is 5.91. The Bertz CT molecular complexity index is 412. The highest BCUT2D eigenvalue weighted by Crippen LogP contribution is 2.38. The van der Waals surface area contributed by atoms with Crippen molar-refractivity contribution >= 4 is 27.3 Å². The highest BCUT2D eigenvalue weighted by molar-refractivity contribution is 9.11. The zero-order valence-electron chi connectivity index (χ0n) is 11.6. The number of hydrazine groups is 1. The Kier molecular flexibility index (Phi) is 5.43. The van der Waals surface area contributed by atoms with E-state index in [0.717, 1.165) is 19.3 Å². The number of rotatable bonds is 5. The third-order valence-electron chi connectivity index (χ3n) is 4.27. The summed E-state index contributed by atoms with van der Waals surface area (Å²) in [7, 11) is 1.83. The minimum Gasteiger partial charge on any atom is -0.377 e. The lowest BCUT2D eigenvalue weighted by Gasteiger charge is -2.44. The van der Waals surface area contributed by atoms with Gasteiger partial charge in [0.1, 0.15) is 0 Å². The average Bonchev–Trinajstić information content (AvgIpc) is 2.81. The topological polar surface area (TPSA) is 47.3 Å². The molecule has 1 saturated carbocycles. The Hall–Kier alpha value is 0.0600. The number of halogens is 1. The fourth-order valence-corrected chi connectivity index (χ4v) is 4.78. The predicted octanol–water partition coefficient (Wildman–Crippen LogP) is 3.48. The number of ether oxygens (including phenoxy) is 1. The van der Waals surface area contributed by atoms with E-state index in [-0.39, 0.29) is 11.6 Å². The molecule has 3 N–H and O–H groups in total. The van der Waals surface area contributed by atoms with Gasteiger partial charge < -0.3 is 4.74 Å². The average molecular weight is 347 g/mol. The molecule has 0 amide bonds. The second-order valence-corrected chi connectivity index (χ2v) is 8.15. The van der Waals surface area contributed by atoms with Crippen molar-refractivity contribution < 1.29 is 4.74 Å². The minimum atomic E-state index is -0.122. The van der Waals surface area contributed by atoms with Crippen LogP contribution < -0.4 is 11.3 Å². The molecule has 3 atom stereocenters. The molecule has 0 spiro atoms. The molecule has 3 nitrogen and oxygen atoms in total. The molecular weight excluding hydrogens is 324 g/mol. The summed E-state index contributed by atoms with van der Waals surface area (Å²) in [6, 6.07) is 4.43. The van der Waals surface area contributed by atoms with Crippen LogP contribution >= 0.6 is 27.3 Å². The van der Waals surface area contributed by atoms with Gasteiger partial charge >= 0.3 is 0 Å². The van der Waals surface area contributed by atoms with Gasteiger partial charge in [0.2, 0.25) is 0 Å². The molecule has 1 aliphatic rings. The van der Waals surface area contributed by atoms with Crippen LogP contribution in [0.25, 0.3) is 0 Å². The van der Waals surface area contributed by atoms with Crippen LogP contribution in [0.3, 0.4) is 0 Å². The Morgan fingerprint density at radius 3 is 2.95 bits per heavy atom. The van der Waals surface area contributed by atoms with Crippen molar-refractivity contribution in [3.05, 3.63) is 20.8 Å².